The monoisotopic (exact) mass is 421 g/mol. The summed E-state index contributed by atoms with van der Waals surface area (Å²) in [6.45, 7) is 3.14. The van der Waals surface area contributed by atoms with Gasteiger partial charge in [0.2, 0.25) is 10.9 Å². The zero-order valence-electron chi connectivity index (χ0n) is 14.4. The molecule has 0 bridgehead atoms. The highest BCUT2D eigenvalue weighted by molar-refractivity contribution is 8.00. The number of hydrogen-bond donors (Lipinski definition) is 0. The van der Waals surface area contributed by atoms with E-state index in [1.165, 1.54) is 11.3 Å². The summed E-state index contributed by atoms with van der Waals surface area (Å²) in [5.74, 6) is 1.94. The van der Waals surface area contributed by atoms with Gasteiger partial charge in [-0.15, -0.1) is 31.7 Å². The van der Waals surface area contributed by atoms with Crippen molar-refractivity contribution in [1.29, 1.82) is 0 Å². The highest BCUT2D eigenvalue weighted by Crippen LogP contribution is 2.31. The van der Waals surface area contributed by atoms with Gasteiger partial charge in [0.15, 0.2) is 4.34 Å². The van der Waals surface area contributed by atoms with Gasteiger partial charge in [-0.1, -0.05) is 23.1 Å². The SMILES string of the molecule is Cn1c(=O)c2sccc2n2c(CSc3nnc(N4CCOCC4)s3)nnc12. The van der Waals surface area contributed by atoms with Crippen molar-refractivity contribution in [3.8, 4) is 0 Å². The summed E-state index contributed by atoms with van der Waals surface area (Å²) in [4.78, 5) is 14.6. The van der Waals surface area contributed by atoms with E-state index in [1.807, 2.05) is 15.8 Å². The van der Waals surface area contributed by atoms with Crippen LogP contribution in [0.15, 0.2) is 20.6 Å². The summed E-state index contributed by atoms with van der Waals surface area (Å²) in [6.07, 6.45) is 0. The Balaban J connectivity index is 1.43. The van der Waals surface area contributed by atoms with Crippen LogP contribution in [0.4, 0.5) is 5.13 Å². The minimum absolute atomic E-state index is 0.0432. The van der Waals surface area contributed by atoms with Crippen LogP contribution < -0.4 is 10.5 Å². The first-order valence-corrected chi connectivity index (χ1v) is 11.0. The maximum Gasteiger partial charge on any atom is 0.272 e. The molecule has 0 saturated carbocycles. The highest BCUT2D eigenvalue weighted by atomic mass is 32.2. The molecule has 4 aromatic heterocycles. The molecule has 0 atom stereocenters. The first-order chi connectivity index (χ1) is 13.2. The molecule has 5 heterocycles. The molecule has 0 N–H and O–H groups in total. The standard InChI is InChI=1S/C15H15N7O2S3/c1-20-12(23)11-9(2-7-25-11)22-10(16-17-13(20)22)8-26-15-19-18-14(27-15)21-3-5-24-6-4-21/h2,7H,3-6,8H2,1H3. The molecule has 0 amide bonds. The molecule has 1 fully saturated rings. The lowest BCUT2D eigenvalue weighted by Gasteiger charge is -2.25. The normalized spacial score (nSPS) is 15.2. The van der Waals surface area contributed by atoms with Crippen LogP contribution in [-0.2, 0) is 17.5 Å². The predicted molar refractivity (Wildman–Crippen MR) is 106 cm³/mol. The van der Waals surface area contributed by atoms with Gasteiger partial charge in [-0.3, -0.25) is 13.8 Å². The van der Waals surface area contributed by atoms with Crippen molar-refractivity contribution in [2.45, 2.75) is 10.1 Å². The van der Waals surface area contributed by atoms with E-state index < -0.39 is 0 Å². The number of aryl methyl sites for hydroxylation is 1. The fourth-order valence-electron chi connectivity index (χ4n) is 3.02. The van der Waals surface area contributed by atoms with Crippen molar-refractivity contribution in [3.05, 3.63) is 27.6 Å². The molecule has 0 unspecified atom stereocenters. The maximum atomic E-state index is 12.4. The summed E-state index contributed by atoms with van der Waals surface area (Å²) >= 11 is 4.59. The van der Waals surface area contributed by atoms with E-state index >= 15 is 0 Å². The van der Waals surface area contributed by atoms with Crippen LogP contribution >= 0.6 is 34.4 Å². The Hall–Kier alpha value is -2.02. The predicted octanol–water partition coefficient (Wildman–Crippen LogP) is 1.62. The molecule has 5 rings (SSSR count). The Morgan fingerprint density at radius 2 is 2.07 bits per heavy atom. The average Bonchev–Trinajstić information content (AvgIpc) is 3.43. The van der Waals surface area contributed by atoms with E-state index in [0.717, 1.165) is 47.1 Å². The first-order valence-electron chi connectivity index (χ1n) is 8.31. The Bertz CT molecular complexity index is 1170. The number of thiophene rings is 1. The van der Waals surface area contributed by atoms with Gasteiger partial charge in [-0.2, -0.15) is 0 Å². The maximum absolute atomic E-state index is 12.4. The fourth-order valence-corrected chi connectivity index (χ4v) is 5.67. The van der Waals surface area contributed by atoms with Gasteiger partial charge in [-0.25, -0.2) is 0 Å². The second-order valence-electron chi connectivity index (χ2n) is 5.99. The number of hydrogen-bond acceptors (Lipinski definition) is 10. The molecule has 27 heavy (non-hydrogen) atoms. The summed E-state index contributed by atoms with van der Waals surface area (Å²) < 4.78 is 10.5. The van der Waals surface area contributed by atoms with Crippen LogP contribution in [0, 0.1) is 0 Å². The molecule has 12 heteroatoms. The van der Waals surface area contributed by atoms with Gasteiger partial charge in [0.05, 0.1) is 24.5 Å². The Labute approximate surface area is 165 Å². The van der Waals surface area contributed by atoms with Gasteiger partial charge < -0.3 is 9.64 Å². The molecular formula is C15H15N7O2S3. The third-order valence-corrected chi connectivity index (χ3v) is 7.40. The van der Waals surface area contributed by atoms with Gasteiger partial charge in [0.1, 0.15) is 10.5 Å². The lowest BCUT2D eigenvalue weighted by atomic mass is 10.4. The lowest BCUT2D eigenvalue weighted by Crippen LogP contribution is -2.36. The van der Waals surface area contributed by atoms with Crippen LogP contribution in [0.5, 0.6) is 0 Å². The Morgan fingerprint density at radius 3 is 2.93 bits per heavy atom. The molecule has 0 radical (unpaired) electrons. The number of nitrogens with zero attached hydrogens (tertiary/aromatic N) is 7. The van der Waals surface area contributed by atoms with Crippen molar-refractivity contribution in [3.63, 3.8) is 0 Å². The molecule has 1 aliphatic heterocycles. The Kier molecular flexibility index (Phi) is 4.34. The van der Waals surface area contributed by atoms with Gasteiger partial charge >= 0.3 is 0 Å². The van der Waals surface area contributed by atoms with Crippen molar-refractivity contribution < 1.29 is 4.74 Å². The van der Waals surface area contributed by atoms with E-state index in [1.54, 1.807) is 34.7 Å². The van der Waals surface area contributed by atoms with Crippen LogP contribution in [0.3, 0.4) is 0 Å². The van der Waals surface area contributed by atoms with E-state index in [0.29, 0.717) is 16.2 Å². The number of morpholine rings is 1. The van der Waals surface area contributed by atoms with E-state index in [2.05, 4.69) is 25.3 Å². The molecular weight excluding hydrogens is 406 g/mol. The third kappa shape index (κ3) is 2.92. The molecule has 140 valence electrons. The van der Waals surface area contributed by atoms with Crippen molar-refractivity contribution in [2.75, 3.05) is 31.2 Å². The molecule has 9 nitrogen and oxygen atoms in total. The zero-order chi connectivity index (χ0) is 18.4. The second kappa shape index (κ2) is 6.86. The highest BCUT2D eigenvalue weighted by Gasteiger charge is 2.18. The minimum Gasteiger partial charge on any atom is -0.378 e. The number of thioether (sulfide) groups is 1. The lowest BCUT2D eigenvalue weighted by molar-refractivity contribution is 0.122. The quantitative estimate of drug-likeness (QED) is 0.459. The van der Waals surface area contributed by atoms with E-state index in [9.17, 15) is 4.79 Å². The molecule has 1 aliphatic rings. The summed E-state index contributed by atoms with van der Waals surface area (Å²) in [7, 11) is 1.72. The fraction of sp³-hybridized carbons (Fsp3) is 0.400. The van der Waals surface area contributed by atoms with E-state index in [-0.39, 0.29) is 5.56 Å². The van der Waals surface area contributed by atoms with Crippen LogP contribution in [0.2, 0.25) is 0 Å². The molecule has 1 saturated heterocycles. The summed E-state index contributed by atoms with van der Waals surface area (Å²) in [5, 5.41) is 20.0. The van der Waals surface area contributed by atoms with Gasteiger partial charge in [-0.05, 0) is 11.4 Å². The van der Waals surface area contributed by atoms with Crippen molar-refractivity contribution in [2.24, 2.45) is 7.05 Å². The number of ether oxygens (including phenoxy) is 1. The van der Waals surface area contributed by atoms with Crippen molar-refractivity contribution in [1.82, 2.24) is 29.4 Å². The van der Waals surface area contributed by atoms with Crippen LogP contribution in [0.1, 0.15) is 5.82 Å². The van der Waals surface area contributed by atoms with Crippen molar-refractivity contribution >= 4 is 55.6 Å². The van der Waals surface area contributed by atoms with Gasteiger partial charge in [0.25, 0.3) is 5.56 Å². The summed E-state index contributed by atoms with van der Waals surface area (Å²) in [5.41, 5.74) is 0.809. The third-order valence-electron chi connectivity index (χ3n) is 4.40. The number of anilines is 1. The van der Waals surface area contributed by atoms with E-state index in [4.69, 9.17) is 4.74 Å². The molecule has 4 aromatic rings. The number of rotatable bonds is 4. The zero-order valence-corrected chi connectivity index (χ0v) is 16.8. The molecule has 0 spiro atoms. The minimum atomic E-state index is -0.0432. The Morgan fingerprint density at radius 1 is 1.22 bits per heavy atom. The average molecular weight is 422 g/mol. The topological polar surface area (TPSA) is 90.4 Å². The first kappa shape index (κ1) is 17.1. The second-order valence-corrected chi connectivity index (χ2v) is 9.08. The van der Waals surface area contributed by atoms with Gasteiger partial charge in [0, 0.05) is 20.1 Å². The largest absolute Gasteiger partial charge is 0.378 e. The summed E-state index contributed by atoms with van der Waals surface area (Å²) in [6, 6.07) is 1.94. The molecule has 0 aliphatic carbocycles. The number of aromatic nitrogens is 6. The number of fused-ring (bicyclic) bond motifs is 3. The van der Waals surface area contributed by atoms with Crippen LogP contribution in [-0.4, -0.2) is 55.7 Å². The molecule has 0 aromatic carbocycles. The smallest absolute Gasteiger partial charge is 0.272 e. The van der Waals surface area contributed by atoms with Crippen LogP contribution in [0.25, 0.3) is 16.0 Å².